The van der Waals surface area contributed by atoms with Crippen LogP contribution in [-0.4, -0.2) is 15.2 Å². The average molecular weight is 278 g/mol. The molecule has 3 heterocycles. The number of pyridine rings is 1. The van der Waals surface area contributed by atoms with Crippen LogP contribution in [0.5, 0.6) is 0 Å². The van der Waals surface area contributed by atoms with Gasteiger partial charge in [-0.3, -0.25) is 0 Å². The summed E-state index contributed by atoms with van der Waals surface area (Å²) in [6, 6.07) is 7.73. The normalized spacial score (nSPS) is 11.5. The molecule has 0 atom stereocenters. The van der Waals surface area contributed by atoms with Crippen LogP contribution in [0.15, 0.2) is 29.6 Å². The van der Waals surface area contributed by atoms with Crippen molar-refractivity contribution < 1.29 is 10.2 Å². The lowest BCUT2D eigenvalue weighted by atomic mass is 10.2. The van der Waals surface area contributed by atoms with Crippen molar-refractivity contribution in [1.82, 2.24) is 4.98 Å². The Hall–Kier alpha value is -1.47. The molecule has 0 amide bonds. The maximum atomic E-state index is 9.22. The van der Waals surface area contributed by atoms with Crippen molar-refractivity contribution in [2.24, 2.45) is 0 Å². The van der Waals surface area contributed by atoms with E-state index in [-0.39, 0.29) is 0 Å². The predicted molar refractivity (Wildman–Crippen MR) is 74.5 cm³/mol. The zero-order chi connectivity index (χ0) is 12.7. The van der Waals surface area contributed by atoms with Gasteiger partial charge in [-0.25, -0.2) is 4.98 Å². The first-order chi connectivity index (χ1) is 8.66. The molecule has 18 heavy (non-hydrogen) atoms. The van der Waals surface area contributed by atoms with Crippen molar-refractivity contribution in [3.05, 3.63) is 34.5 Å². The van der Waals surface area contributed by atoms with Crippen LogP contribution in [0.25, 0.3) is 20.8 Å². The summed E-state index contributed by atoms with van der Waals surface area (Å²) in [4.78, 5) is 6.66. The van der Waals surface area contributed by atoms with Crippen LogP contribution in [-0.2, 0) is 0 Å². The molecule has 0 aliphatic rings. The first-order valence-corrected chi connectivity index (χ1v) is 6.95. The summed E-state index contributed by atoms with van der Waals surface area (Å²) in [5.74, 6) is 0. The fourth-order valence-corrected chi connectivity index (χ4v) is 3.43. The van der Waals surface area contributed by atoms with Crippen LogP contribution in [0.3, 0.4) is 0 Å². The number of fused-ring (bicyclic) bond motifs is 1. The minimum absolute atomic E-state index is 0.348. The first kappa shape index (κ1) is 11.6. The second-order valence-electron chi connectivity index (χ2n) is 3.78. The molecule has 0 aliphatic heterocycles. The molecule has 0 bridgehead atoms. The molecule has 6 heteroatoms. The minimum Gasteiger partial charge on any atom is -0.397 e. The van der Waals surface area contributed by atoms with Crippen molar-refractivity contribution in [1.29, 1.82) is 0 Å². The van der Waals surface area contributed by atoms with Crippen molar-refractivity contribution >= 4 is 38.6 Å². The molecule has 3 aromatic rings. The number of nitrogens with zero attached hydrogens (tertiary/aromatic N) is 1. The fraction of sp³-hybridized carbons (Fsp3) is 0.0833. The van der Waals surface area contributed by atoms with Gasteiger partial charge in [-0.1, -0.05) is 6.07 Å². The van der Waals surface area contributed by atoms with Gasteiger partial charge in [0.2, 0.25) is 0 Å². The summed E-state index contributed by atoms with van der Waals surface area (Å²) in [5.41, 5.74) is 7.13. The van der Waals surface area contributed by atoms with Crippen molar-refractivity contribution in [3.8, 4) is 10.6 Å². The molecule has 0 spiro atoms. The highest BCUT2D eigenvalue weighted by atomic mass is 32.1. The van der Waals surface area contributed by atoms with E-state index < -0.39 is 6.29 Å². The van der Waals surface area contributed by atoms with E-state index in [1.165, 1.54) is 11.3 Å². The number of anilines is 1. The fourth-order valence-electron chi connectivity index (χ4n) is 1.77. The van der Waals surface area contributed by atoms with E-state index in [1.807, 2.05) is 29.6 Å². The Morgan fingerprint density at radius 1 is 1.22 bits per heavy atom. The Balaban J connectivity index is 2.19. The summed E-state index contributed by atoms with van der Waals surface area (Å²) in [6.45, 7) is 0. The number of hydrogen-bond acceptors (Lipinski definition) is 6. The molecule has 3 rings (SSSR count). The third-order valence-corrected chi connectivity index (χ3v) is 4.68. The zero-order valence-electron chi connectivity index (χ0n) is 9.20. The zero-order valence-corrected chi connectivity index (χ0v) is 10.8. The lowest BCUT2D eigenvalue weighted by Gasteiger charge is -1.99. The Kier molecular flexibility index (Phi) is 2.79. The number of hydrogen-bond donors (Lipinski definition) is 3. The van der Waals surface area contributed by atoms with E-state index in [0.717, 1.165) is 20.8 Å². The maximum Gasteiger partial charge on any atom is 0.190 e. The second-order valence-corrected chi connectivity index (χ2v) is 5.76. The SMILES string of the molecule is Nc1c(C(O)O)sc2nc(-c3cccs3)ccc12. The molecule has 0 radical (unpaired) electrons. The molecule has 0 unspecified atom stereocenters. The lowest BCUT2D eigenvalue weighted by molar-refractivity contribution is -0.0389. The van der Waals surface area contributed by atoms with Crippen molar-refractivity contribution in [3.63, 3.8) is 0 Å². The van der Waals surface area contributed by atoms with E-state index in [4.69, 9.17) is 5.73 Å². The number of aliphatic hydroxyl groups excluding tert-OH is 1. The standard InChI is InChI=1S/C12H10N2O2S2/c13-9-6-3-4-7(8-2-1-5-17-8)14-11(6)18-10(9)12(15)16/h1-5,12,15-16H,13H2. The largest absolute Gasteiger partial charge is 0.397 e. The molecular weight excluding hydrogens is 268 g/mol. The topological polar surface area (TPSA) is 79.4 Å². The quantitative estimate of drug-likeness (QED) is 0.629. The van der Waals surface area contributed by atoms with Crippen molar-refractivity contribution in [2.75, 3.05) is 5.73 Å². The van der Waals surface area contributed by atoms with Gasteiger partial charge in [0.05, 0.1) is 21.1 Å². The van der Waals surface area contributed by atoms with Crippen LogP contribution in [0.2, 0.25) is 0 Å². The molecule has 0 aromatic carbocycles. The third kappa shape index (κ3) is 1.79. The van der Waals surface area contributed by atoms with E-state index in [1.54, 1.807) is 11.3 Å². The number of rotatable bonds is 2. The van der Waals surface area contributed by atoms with Gasteiger partial charge < -0.3 is 15.9 Å². The summed E-state index contributed by atoms with van der Waals surface area (Å²) in [7, 11) is 0. The van der Waals surface area contributed by atoms with Gasteiger partial charge in [-0.15, -0.1) is 22.7 Å². The monoisotopic (exact) mass is 278 g/mol. The minimum atomic E-state index is -1.55. The Morgan fingerprint density at radius 3 is 2.72 bits per heavy atom. The molecule has 0 aliphatic carbocycles. The summed E-state index contributed by atoms with van der Waals surface area (Å²) >= 11 is 2.83. The Bertz CT molecular complexity index is 689. The maximum absolute atomic E-state index is 9.22. The van der Waals surface area contributed by atoms with Gasteiger partial charge in [0.25, 0.3) is 0 Å². The van der Waals surface area contributed by atoms with Crippen LogP contribution < -0.4 is 5.73 Å². The first-order valence-electron chi connectivity index (χ1n) is 5.26. The van der Waals surface area contributed by atoms with E-state index in [9.17, 15) is 10.2 Å². The molecule has 3 aromatic heterocycles. The van der Waals surface area contributed by atoms with Gasteiger partial charge in [0.1, 0.15) is 4.83 Å². The number of nitrogens with two attached hydrogens (primary N) is 1. The number of nitrogen functional groups attached to an aromatic ring is 1. The van der Waals surface area contributed by atoms with Gasteiger partial charge in [-0.2, -0.15) is 0 Å². The number of aliphatic hydroxyl groups is 2. The summed E-state index contributed by atoms with van der Waals surface area (Å²) in [5, 5.41) is 21.2. The molecule has 4 nitrogen and oxygen atoms in total. The van der Waals surface area contributed by atoms with Crippen LogP contribution in [0.1, 0.15) is 11.2 Å². The van der Waals surface area contributed by atoms with Gasteiger partial charge >= 0.3 is 0 Å². The van der Waals surface area contributed by atoms with Crippen LogP contribution >= 0.6 is 22.7 Å². The molecular formula is C12H10N2O2S2. The van der Waals surface area contributed by atoms with Crippen LogP contribution in [0.4, 0.5) is 5.69 Å². The highest BCUT2D eigenvalue weighted by Gasteiger charge is 2.16. The number of aromatic nitrogens is 1. The van der Waals surface area contributed by atoms with Gasteiger partial charge in [0, 0.05) is 5.39 Å². The van der Waals surface area contributed by atoms with Crippen molar-refractivity contribution in [2.45, 2.75) is 6.29 Å². The van der Waals surface area contributed by atoms with E-state index in [0.29, 0.717) is 10.6 Å². The highest BCUT2D eigenvalue weighted by molar-refractivity contribution is 7.19. The molecule has 0 saturated heterocycles. The second kappa shape index (κ2) is 4.33. The lowest BCUT2D eigenvalue weighted by Crippen LogP contribution is -1.95. The Labute approximate surface area is 111 Å². The average Bonchev–Trinajstić information content (AvgIpc) is 2.97. The highest BCUT2D eigenvalue weighted by Crippen LogP contribution is 2.37. The van der Waals surface area contributed by atoms with Gasteiger partial charge in [0.15, 0.2) is 6.29 Å². The Morgan fingerprint density at radius 2 is 2.06 bits per heavy atom. The van der Waals surface area contributed by atoms with E-state index >= 15 is 0 Å². The molecule has 4 N–H and O–H groups in total. The third-order valence-electron chi connectivity index (χ3n) is 2.63. The summed E-state index contributed by atoms with van der Waals surface area (Å²) in [6.07, 6.45) is -1.55. The molecule has 92 valence electrons. The predicted octanol–water partition coefficient (Wildman–Crippen LogP) is 2.59. The van der Waals surface area contributed by atoms with Crippen LogP contribution in [0, 0.1) is 0 Å². The number of thiophene rings is 2. The van der Waals surface area contributed by atoms with E-state index in [2.05, 4.69) is 4.98 Å². The molecule has 0 saturated carbocycles. The van der Waals surface area contributed by atoms with Gasteiger partial charge in [-0.05, 0) is 23.6 Å². The smallest absolute Gasteiger partial charge is 0.190 e. The summed E-state index contributed by atoms with van der Waals surface area (Å²) < 4.78 is 0. The molecule has 0 fully saturated rings.